The molecule has 0 spiro atoms. The number of benzene rings is 3. The number of hydrogen-bond acceptors (Lipinski definition) is 6. The maximum Gasteiger partial charge on any atom is 0.196 e. The van der Waals surface area contributed by atoms with Crippen molar-refractivity contribution in [1.82, 2.24) is 14.9 Å². The summed E-state index contributed by atoms with van der Waals surface area (Å²) in [5.74, 6) is 1.50. The molecular weight excluding hydrogens is 470 g/mol. The van der Waals surface area contributed by atoms with Crippen molar-refractivity contribution >= 4 is 50.9 Å². The molecule has 5 aromatic rings. The molecule has 0 saturated carbocycles. The van der Waals surface area contributed by atoms with E-state index in [2.05, 4.69) is 58.4 Å². The molecule has 0 atom stereocenters. The van der Waals surface area contributed by atoms with Gasteiger partial charge in [-0.25, -0.2) is 9.97 Å². The van der Waals surface area contributed by atoms with Crippen molar-refractivity contribution in [3.63, 3.8) is 0 Å². The van der Waals surface area contributed by atoms with Crippen LogP contribution in [-0.2, 0) is 13.0 Å². The third kappa shape index (κ3) is 4.50. The SMILES string of the molecule is CCc1nc(Nc2ccc(N3CCN(Cc4ccccc4Cl)CC3)cc2)c2oc3ccccc3c2n1. The van der Waals surface area contributed by atoms with E-state index in [9.17, 15) is 0 Å². The van der Waals surface area contributed by atoms with E-state index < -0.39 is 0 Å². The number of rotatable bonds is 6. The highest BCUT2D eigenvalue weighted by molar-refractivity contribution is 6.31. The molecule has 6 nitrogen and oxygen atoms in total. The zero-order chi connectivity index (χ0) is 24.5. The van der Waals surface area contributed by atoms with Crippen LogP contribution in [0.4, 0.5) is 17.2 Å². The van der Waals surface area contributed by atoms with Crippen molar-refractivity contribution in [3.8, 4) is 0 Å². The van der Waals surface area contributed by atoms with Crippen molar-refractivity contribution < 1.29 is 4.42 Å². The van der Waals surface area contributed by atoms with E-state index in [0.717, 1.165) is 72.2 Å². The predicted molar refractivity (Wildman–Crippen MR) is 147 cm³/mol. The average Bonchev–Trinajstić information content (AvgIpc) is 3.30. The lowest BCUT2D eigenvalue weighted by Gasteiger charge is -2.36. The van der Waals surface area contributed by atoms with Crippen LogP contribution < -0.4 is 10.2 Å². The van der Waals surface area contributed by atoms with Gasteiger partial charge in [0.2, 0.25) is 0 Å². The predicted octanol–water partition coefficient (Wildman–Crippen LogP) is 6.66. The van der Waals surface area contributed by atoms with Gasteiger partial charge in [-0.1, -0.05) is 48.9 Å². The first-order valence-corrected chi connectivity index (χ1v) is 12.8. The fraction of sp³-hybridized carbons (Fsp3) is 0.241. The van der Waals surface area contributed by atoms with Gasteiger partial charge in [0.05, 0.1) is 0 Å². The summed E-state index contributed by atoms with van der Waals surface area (Å²) >= 11 is 6.35. The van der Waals surface area contributed by atoms with Crippen LogP contribution >= 0.6 is 11.6 Å². The quantitative estimate of drug-likeness (QED) is 0.283. The number of para-hydroxylation sites is 1. The summed E-state index contributed by atoms with van der Waals surface area (Å²) in [4.78, 5) is 14.4. The number of aromatic nitrogens is 2. The number of nitrogens with one attached hydrogen (secondary N) is 1. The minimum absolute atomic E-state index is 0.687. The second-order valence-electron chi connectivity index (χ2n) is 9.14. The van der Waals surface area contributed by atoms with Crippen LogP contribution in [0.3, 0.4) is 0 Å². The Bertz CT molecular complexity index is 1510. The van der Waals surface area contributed by atoms with E-state index in [1.165, 1.54) is 11.3 Å². The van der Waals surface area contributed by atoms with E-state index in [1.807, 2.05) is 36.4 Å². The number of anilines is 3. The summed E-state index contributed by atoms with van der Waals surface area (Å²) in [7, 11) is 0. The first-order chi connectivity index (χ1) is 17.7. The molecule has 3 heterocycles. The first kappa shape index (κ1) is 22.8. The zero-order valence-corrected chi connectivity index (χ0v) is 21.0. The number of piperazine rings is 1. The summed E-state index contributed by atoms with van der Waals surface area (Å²) in [5.41, 5.74) is 5.75. The molecule has 1 aliphatic heterocycles. The zero-order valence-electron chi connectivity index (χ0n) is 20.2. The Morgan fingerprint density at radius 2 is 1.64 bits per heavy atom. The van der Waals surface area contributed by atoms with Gasteiger partial charge in [-0.3, -0.25) is 4.90 Å². The number of hydrogen-bond donors (Lipinski definition) is 1. The topological polar surface area (TPSA) is 57.4 Å². The Labute approximate surface area is 215 Å². The number of aryl methyl sites for hydroxylation is 1. The van der Waals surface area contributed by atoms with E-state index in [0.29, 0.717) is 11.4 Å². The molecule has 1 aliphatic rings. The lowest BCUT2D eigenvalue weighted by molar-refractivity contribution is 0.250. The van der Waals surface area contributed by atoms with Crippen LogP contribution in [0, 0.1) is 0 Å². The van der Waals surface area contributed by atoms with Gasteiger partial charge in [0, 0.05) is 60.9 Å². The van der Waals surface area contributed by atoms with Gasteiger partial charge in [0.1, 0.15) is 16.9 Å². The van der Waals surface area contributed by atoms with Crippen molar-refractivity contribution in [2.75, 3.05) is 36.4 Å². The largest absolute Gasteiger partial charge is 0.450 e. The van der Waals surface area contributed by atoms with Crippen molar-refractivity contribution in [2.45, 2.75) is 19.9 Å². The summed E-state index contributed by atoms with van der Waals surface area (Å²) in [6.45, 7) is 6.96. The Morgan fingerprint density at radius 1 is 0.889 bits per heavy atom. The fourth-order valence-electron chi connectivity index (χ4n) is 4.80. The maximum atomic E-state index is 6.35. The fourth-order valence-corrected chi connectivity index (χ4v) is 5.00. The van der Waals surface area contributed by atoms with Crippen LogP contribution in [-0.4, -0.2) is 41.0 Å². The second kappa shape index (κ2) is 9.80. The van der Waals surface area contributed by atoms with Gasteiger partial charge >= 0.3 is 0 Å². The standard InChI is InChI=1S/C29H28ClN5O/c1-2-26-32-27-23-8-4-6-10-25(23)36-28(27)29(33-26)31-21-11-13-22(14-12-21)35-17-15-34(16-18-35)19-20-7-3-5-9-24(20)30/h3-14H,2,15-19H2,1H3,(H,31,32,33). The van der Waals surface area contributed by atoms with E-state index >= 15 is 0 Å². The minimum Gasteiger partial charge on any atom is -0.450 e. The van der Waals surface area contributed by atoms with Gasteiger partial charge in [0.15, 0.2) is 11.4 Å². The van der Waals surface area contributed by atoms with Gasteiger partial charge in [-0.2, -0.15) is 0 Å². The molecule has 7 heteroatoms. The number of fused-ring (bicyclic) bond motifs is 3. The number of halogens is 1. The molecule has 2 aromatic heterocycles. The smallest absolute Gasteiger partial charge is 0.196 e. The van der Waals surface area contributed by atoms with Crippen molar-refractivity contribution in [3.05, 3.63) is 89.2 Å². The third-order valence-electron chi connectivity index (χ3n) is 6.80. The Hall–Kier alpha value is -3.61. The molecule has 0 bridgehead atoms. The highest BCUT2D eigenvalue weighted by Gasteiger charge is 2.19. The average molecular weight is 498 g/mol. The third-order valence-corrected chi connectivity index (χ3v) is 7.17. The van der Waals surface area contributed by atoms with E-state index in [-0.39, 0.29) is 0 Å². The van der Waals surface area contributed by atoms with Gasteiger partial charge in [-0.15, -0.1) is 0 Å². The molecule has 0 aliphatic carbocycles. The van der Waals surface area contributed by atoms with Crippen molar-refractivity contribution in [1.29, 1.82) is 0 Å². The summed E-state index contributed by atoms with van der Waals surface area (Å²) in [6.07, 6.45) is 0.755. The normalized spacial score (nSPS) is 14.6. The summed E-state index contributed by atoms with van der Waals surface area (Å²) in [5, 5.41) is 5.32. The minimum atomic E-state index is 0.687. The monoisotopic (exact) mass is 497 g/mol. The van der Waals surface area contributed by atoms with Crippen molar-refractivity contribution in [2.24, 2.45) is 0 Å². The van der Waals surface area contributed by atoms with Crippen LogP contribution in [0.25, 0.3) is 22.1 Å². The van der Waals surface area contributed by atoms with Crippen LogP contribution in [0.5, 0.6) is 0 Å². The molecule has 0 radical (unpaired) electrons. The van der Waals surface area contributed by atoms with E-state index in [4.69, 9.17) is 26.0 Å². The second-order valence-corrected chi connectivity index (χ2v) is 9.55. The molecule has 182 valence electrons. The summed E-state index contributed by atoms with van der Waals surface area (Å²) in [6, 6.07) is 24.7. The molecule has 6 rings (SSSR count). The molecule has 1 fully saturated rings. The molecule has 3 aromatic carbocycles. The molecule has 1 saturated heterocycles. The Morgan fingerprint density at radius 3 is 2.42 bits per heavy atom. The number of furan rings is 1. The Kier molecular flexibility index (Phi) is 6.21. The van der Waals surface area contributed by atoms with Gasteiger partial charge in [-0.05, 0) is 48.0 Å². The van der Waals surface area contributed by atoms with E-state index in [1.54, 1.807) is 0 Å². The highest BCUT2D eigenvalue weighted by atomic mass is 35.5. The number of nitrogens with zero attached hydrogens (tertiary/aromatic N) is 4. The lowest BCUT2D eigenvalue weighted by Crippen LogP contribution is -2.46. The molecule has 0 amide bonds. The highest BCUT2D eigenvalue weighted by Crippen LogP contribution is 2.33. The van der Waals surface area contributed by atoms with Crippen LogP contribution in [0.2, 0.25) is 5.02 Å². The van der Waals surface area contributed by atoms with Gasteiger partial charge in [0.25, 0.3) is 0 Å². The van der Waals surface area contributed by atoms with Crippen LogP contribution in [0.15, 0.2) is 77.2 Å². The maximum absolute atomic E-state index is 6.35. The first-order valence-electron chi connectivity index (χ1n) is 12.4. The van der Waals surface area contributed by atoms with Crippen LogP contribution in [0.1, 0.15) is 18.3 Å². The molecule has 0 unspecified atom stereocenters. The molecule has 36 heavy (non-hydrogen) atoms. The molecule has 1 N–H and O–H groups in total. The Balaban J connectivity index is 1.16. The summed E-state index contributed by atoms with van der Waals surface area (Å²) < 4.78 is 6.13. The van der Waals surface area contributed by atoms with Gasteiger partial charge < -0.3 is 14.6 Å². The molecular formula is C29H28ClN5O. The lowest BCUT2D eigenvalue weighted by atomic mass is 10.2.